The molecule has 158 valence electrons. The van der Waals surface area contributed by atoms with Crippen LogP contribution in [0.3, 0.4) is 0 Å². The minimum absolute atomic E-state index is 0.124. The Hall–Kier alpha value is -3.88. The molecule has 1 aliphatic rings. The van der Waals surface area contributed by atoms with Crippen LogP contribution in [0.4, 0.5) is 14.7 Å². The normalized spacial score (nSPS) is 15.7. The zero-order valence-electron chi connectivity index (χ0n) is 16.4. The van der Waals surface area contributed by atoms with Gasteiger partial charge >= 0.3 is 5.91 Å². The summed E-state index contributed by atoms with van der Waals surface area (Å²) < 4.78 is 32.1. The molecule has 2 aromatic carbocycles. The Morgan fingerprint density at radius 1 is 1.10 bits per heavy atom. The van der Waals surface area contributed by atoms with Gasteiger partial charge in [-0.3, -0.25) is 19.3 Å². The number of fused-ring (bicyclic) bond motifs is 1. The van der Waals surface area contributed by atoms with Crippen molar-refractivity contribution in [2.45, 2.75) is 13.0 Å². The lowest BCUT2D eigenvalue weighted by Crippen LogP contribution is -2.43. The number of Topliss-reactive ketones (excluding diaryl/α,β-unsaturated/α-hetero) is 1. The number of ketones is 1. The van der Waals surface area contributed by atoms with Crippen LogP contribution in [-0.4, -0.2) is 29.6 Å². The minimum atomic E-state index is -1.19. The number of halogens is 2. The quantitative estimate of drug-likeness (QED) is 0.635. The summed E-state index contributed by atoms with van der Waals surface area (Å²) in [7, 11) is 1.39. The van der Waals surface area contributed by atoms with Gasteiger partial charge in [0.15, 0.2) is 23.1 Å². The number of hydrogen-bond donors (Lipinski definition) is 1. The van der Waals surface area contributed by atoms with Crippen molar-refractivity contribution >= 4 is 23.5 Å². The fourth-order valence-electron chi connectivity index (χ4n) is 3.34. The summed E-state index contributed by atoms with van der Waals surface area (Å²) in [5.41, 5.74) is 0.994. The highest BCUT2D eigenvalue weighted by Gasteiger charge is 2.42. The number of rotatable bonds is 5. The van der Waals surface area contributed by atoms with Crippen molar-refractivity contribution in [3.05, 3.63) is 82.9 Å². The van der Waals surface area contributed by atoms with Crippen molar-refractivity contribution in [2.24, 2.45) is 5.92 Å². The molecule has 4 rings (SSSR count). The van der Waals surface area contributed by atoms with E-state index in [1.807, 2.05) is 30.3 Å². The Bertz CT molecular complexity index is 1180. The summed E-state index contributed by atoms with van der Waals surface area (Å²) in [6.45, 7) is 0.230. The molecular formula is C22H17F2N3O4. The number of benzene rings is 2. The summed E-state index contributed by atoms with van der Waals surface area (Å²) >= 11 is 0. The first-order chi connectivity index (χ1) is 14.8. The van der Waals surface area contributed by atoms with E-state index in [1.165, 1.54) is 13.1 Å². The lowest BCUT2D eigenvalue weighted by Gasteiger charge is -2.25. The molecule has 3 aromatic rings. The van der Waals surface area contributed by atoms with Gasteiger partial charge in [0.25, 0.3) is 5.89 Å². The fraction of sp³-hybridized carbons (Fsp3) is 0.182. The average Bonchev–Trinajstić information content (AvgIpc) is 3.23. The summed E-state index contributed by atoms with van der Waals surface area (Å²) in [6.07, 6.45) is -0.138. The van der Waals surface area contributed by atoms with Gasteiger partial charge in [0.2, 0.25) is 11.8 Å². The molecule has 1 N–H and O–H groups in total. The van der Waals surface area contributed by atoms with Gasteiger partial charge in [0.1, 0.15) is 5.92 Å². The van der Waals surface area contributed by atoms with E-state index < -0.39 is 35.1 Å². The van der Waals surface area contributed by atoms with Gasteiger partial charge in [-0.25, -0.2) is 8.78 Å². The summed E-state index contributed by atoms with van der Waals surface area (Å²) in [5.74, 6) is -5.61. The fourth-order valence-corrected chi connectivity index (χ4v) is 3.34. The number of amides is 2. The molecule has 0 spiro atoms. The number of carbonyl (C=O) groups excluding carboxylic acids is 3. The van der Waals surface area contributed by atoms with Gasteiger partial charge in [-0.15, -0.1) is 0 Å². The highest BCUT2D eigenvalue weighted by molar-refractivity contribution is 6.20. The van der Waals surface area contributed by atoms with Gasteiger partial charge in [-0.2, -0.15) is 4.98 Å². The van der Waals surface area contributed by atoms with E-state index in [0.29, 0.717) is 0 Å². The van der Waals surface area contributed by atoms with E-state index in [-0.39, 0.29) is 36.0 Å². The summed E-state index contributed by atoms with van der Waals surface area (Å²) in [5, 5.41) is 2.64. The third-order valence-corrected chi connectivity index (χ3v) is 5.01. The predicted octanol–water partition coefficient (Wildman–Crippen LogP) is 2.90. The van der Waals surface area contributed by atoms with E-state index in [2.05, 4.69) is 10.3 Å². The predicted molar refractivity (Wildman–Crippen MR) is 105 cm³/mol. The number of anilines is 1. The van der Waals surface area contributed by atoms with Gasteiger partial charge < -0.3 is 9.73 Å². The molecule has 0 bridgehead atoms. The molecular weight excluding hydrogens is 408 g/mol. The average molecular weight is 425 g/mol. The maximum Gasteiger partial charge on any atom is 0.307 e. The van der Waals surface area contributed by atoms with Crippen molar-refractivity contribution < 1.29 is 27.6 Å². The minimum Gasteiger partial charge on any atom is -0.415 e. The second-order valence-corrected chi connectivity index (χ2v) is 7.11. The largest absolute Gasteiger partial charge is 0.415 e. The molecule has 7 nitrogen and oxygen atoms in total. The van der Waals surface area contributed by atoms with E-state index in [1.54, 1.807) is 0 Å². The van der Waals surface area contributed by atoms with E-state index in [0.717, 1.165) is 22.6 Å². The van der Waals surface area contributed by atoms with Gasteiger partial charge in [0.05, 0.1) is 0 Å². The third-order valence-electron chi connectivity index (χ3n) is 5.01. The lowest BCUT2D eigenvalue weighted by atomic mass is 9.90. The van der Waals surface area contributed by atoms with Crippen LogP contribution in [0, 0.1) is 17.6 Å². The van der Waals surface area contributed by atoms with Crippen molar-refractivity contribution in [1.82, 2.24) is 10.3 Å². The Labute approximate surface area is 175 Å². The zero-order valence-corrected chi connectivity index (χ0v) is 16.4. The monoisotopic (exact) mass is 425 g/mol. The topological polar surface area (TPSA) is 92.5 Å². The maximum absolute atomic E-state index is 13.5. The molecule has 31 heavy (non-hydrogen) atoms. The standard InChI is InChI=1S/C22H17F2N3O4/c1-27-21(30)14(9-13-7-8-15(23)16(24)10-13)18(28)17-22(27)31-20(26-17)19(29)25-11-12-5-3-2-4-6-12/h2-8,10,14H,9,11H2,1H3,(H,25,29). The molecule has 2 heterocycles. The second kappa shape index (κ2) is 8.10. The molecule has 0 fully saturated rings. The molecule has 0 aliphatic carbocycles. The van der Waals surface area contributed by atoms with Gasteiger partial charge in [0, 0.05) is 13.6 Å². The Kier molecular flexibility index (Phi) is 5.33. The van der Waals surface area contributed by atoms with Crippen LogP contribution in [-0.2, 0) is 17.8 Å². The Morgan fingerprint density at radius 3 is 2.55 bits per heavy atom. The van der Waals surface area contributed by atoms with Crippen LogP contribution < -0.4 is 10.2 Å². The molecule has 1 unspecified atom stereocenters. The van der Waals surface area contributed by atoms with Gasteiger partial charge in [-0.05, 0) is 29.7 Å². The van der Waals surface area contributed by atoms with Crippen molar-refractivity contribution in [3.63, 3.8) is 0 Å². The van der Waals surface area contributed by atoms with Crippen molar-refractivity contribution in [1.29, 1.82) is 0 Å². The zero-order chi connectivity index (χ0) is 22.1. The smallest absolute Gasteiger partial charge is 0.307 e. The molecule has 1 aliphatic heterocycles. The van der Waals surface area contributed by atoms with Crippen LogP contribution in [0.25, 0.3) is 0 Å². The van der Waals surface area contributed by atoms with Crippen molar-refractivity contribution in [3.8, 4) is 0 Å². The third kappa shape index (κ3) is 3.94. The molecule has 0 saturated carbocycles. The lowest BCUT2D eigenvalue weighted by molar-refractivity contribution is -0.121. The number of nitrogens with one attached hydrogen (secondary N) is 1. The highest BCUT2D eigenvalue weighted by Crippen LogP contribution is 2.32. The van der Waals surface area contributed by atoms with Crippen LogP contribution >= 0.6 is 0 Å². The van der Waals surface area contributed by atoms with E-state index >= 15 is 0 Å². The number of oxazole rings is 1. The number of aromatic nitrogens is 1. The van der Waals surface area contributed by atoms with Crippen LogP contribution in [0.1, 0.15) is 32.3 Å². The Morgan fingerprint density at radius 2 is 1.84 bits per heavy atom. The molecule has 1 atom stereocenters. The SMILES string of the molecule is CN1C(=O)C(Cc2ccc(F)c(F)c2)C(=O)c2nc(C(=O)NCc3ccccc3)oc21. The molecule has 0 radical (unpaired) electrons. The Balaban J connectivity index is 1.54. The van der Waals surface area contributed by atoms with Crippen LogP contribution in [0.5, 0.6) is 0 Å². The molecule has 1 aromatic heterocycles. The van der Waals surface area contributed by atoms with Crippen LogP contribution in [0.2, 0.25) is 0 Å². The molecule has 0 saturated heterocycles. The number of nitrogens with zero attached hydrogens (tertiary/aromatic N) is 2. The highest BCUT2D eigenvalue weighted by atomic mass is 19.2. The second-order valence-electron chi connectivity index (χ2n) is 7.11. The number of hydrogen-bond acceptors (Lipinski definition) is 5. The first-order valence-electron chi connectivity index (χ1n) is 9.44. The van der Waals surface area contributed by atoms with E-state index in [9.17, 15) is 23.2 Å². The maximum atomic E-state index is 13.5. The number of carbonyl (C=O) groups is 3. The van der Waals surface area contributed by atoms with Crippen LogP contribution in [0.15, 0.2) is 52.9 Å². The molecule has 2 amide bonds. The first kappa shape index (κ1) is 20.4. The van der Waals surface area contributed by atoms with E-state index in [4.69, 9.17) is 4.42 Å². The summed E-state index contributed by atoms with van der Waals surface area (Å²) in [4.78, 5) is 43.1. The summed E-state index contributed by atoms with van der Waals surface area (Å²) in [6, 6.07) is 12.4. The first-order valence-corrected chi connectivity index (χ1v) is 9.44. The van der Waals surface area contributed by atoms with Crippen molar-refractivity contribution in [2.75, 3.05) is 11.9 Å². The van der Waals surface area contributed by atoms with Gasteiger partial charge in [-0.1, -0.05) is 36.4 Å². The molecule has 9 heteroatoms.